The first-order chi connectivity index (χ1) is 6.44. The van der Waals surface area contributed by atoms with E-state index in [1.165, 1.54) is 0 Å². The van der Waals surface area contributed by atoms with Crippen molar-refractivity contribution in [1.82, 2.24) is 0 Å². The van der Waals surface area contributed by atoms with Gasteiger partial charge in [0.15, 0.2) is 0 Å². The average Bonchev–Trinajstić information content (AvgIpc) is 2.44. The fraction of sp³-hybridized carbons (Fsp3) is 1.00. The minimum atomic E-state index is -0.976. The van der Waals surface area contributed by atoms with Crippen LogP contribution in [0.5, 0.6) is 0 Å². The maximum Gasteiger partial charge on any atom is 0.111 e. The molecule has 1 aliphatic heterocycles. The Kier molecular flexibility index (Phi) is 3.53. The molecule has 1 rings (SSSR count). The van der Waals surface area contributed by atoms with Gasteiger partial charge in [0, 0.05) is 0 Å². The van der Waals surface area contributed by atoms with E-state index in [0.29, 0.717) is 0 Å². The molecule has 0 amide bonds. The van der Waals surface area contributed by atoms with Crippen LogP contribution in [0.25, 0.3) is 0 Å². The van der Waals surface area contributed by atoms with Crippen LogP contribution in [0.3, 0.4) is 0 Å². The Balaban J connectivity index is 2.74. The third kappa shape index (κ3) is 1.93. The van der Waals surface area contributed by atoms with Gasteiger partial charge in [-0.2, -0.15) is 0 Å². The average molecular weight is 204 g/mol. The number of hydrogen-bond donors (Lipinski definition) is 3. The van der Waals surface area contributed by atoms with Crippen molar-refractivity contribution in [3.63, 3.8) is 0 Å². The van der Waals surface area contributed by atoms with Crippen molar-refractivity contribution in [3.8, 4) is 0 Å². The van der Waals surface area contributed by atoms with Gasteiger partial charge >= 0.3 is 0 Å². The lowest BCUT2D eigenvalue weighted by atomic mass is 9.81. The predicted octanol–water partition coefficient (Wildman–Crippen LogP) is -0.0959. The number of aliphatic hydroxyl groups excluding tert-OH is 3. The summed E-state index contributed by atoms with van der Waals surface area (Å²) in [5.74, 6) is 0. The molecular weight excluding hydrogens is 184 g/mol. The van der Waals surface area contributed by atoms with Gasteiger partial charge < -0.3 is 20.1 Å². The van der Waals surface area contributed by atoms with Crippen LogP contribution in [-0.4, -0.2) is 46.3 Å². The Bertz CT molecular complexity index is 193. The second-order valence-electron chi connectivity index (χ2n) is 4.60. The van der Waals surface area contributed by atoms with E-state index in [2.05, 4.69) is 0 Å². The van der Waals surface area contributed by atoms with Gasteiger partial charge in [-0.25, -0.2) is 0 Å². The van der Waals surface area contributed by atoms with Gasteiger partial charge in [0.1, 0.15) is 18.3 Å². The van der Waals surface area contributed by atoms with Crippen molar-refractivity contribution in [2.24, 2.45) is 5.41 Å². The van der Waals surface area contributed by atoms with Crippen LogP contribution in [0.15, 0.2) is 0 Å². The summed E-state index contributed by atoms with van der Waals surface area (Å²) in [5, 5.41) is 28.2. The van der Waals surface area contributed by atoms with Gasteiger partial charge in [-0.15, -0.1) is 0 Å². The van der Waals surface area contributed by atoms with Gasteiger partial charge in [-0.05, 0) is 11.8 Å². The van der Waals surface area contributed by atoms with Gasteiger partial charge in [-0.1, -0.05) is 20.8 Å². The van der Waals surface area contributed by atoms with E-state index in [0.717, 1.165) is 6.42 Å². The Morgan fingerprint density at radius 3 is 2.14 bits per heavy atom. The molecule has 0 bridgehead atoms. The molecule has 4 nitrogen and oxygen atoms in total. The maximum atomic E-state index is 9.74. The van der Waals surface area contributed by atoms with Gasteiger partial charge in [0.25, 0.3) is 0 Å². The Labute approximate surface area is 84.5 Å². The summed E-state index contributed by atoms with van der Waals surface area (Å²) < 4.78 is 5.44. The summed E-state index contributed by atoms with van der Waals surface area (Å²) in [4.78, 5) is 0. The molecule has 0 aromatic heterocycles. The molecular formula is C10H20O4. The van der Waals surface area contributed by atoms with E-state index < -0.39 is 24.4 Å². The van der Waals surface area contributed by atoms with Crippen molar-refractivity contribution >= 4 is 0 Å². The monoisotopic (exact) mass is 204 g/mol. The van der Waals surface area contributed by atoms with Crippen molar-refractivity contribution < 1.29 is 20.1 Å². The van der Waals surface area contributed by atoms with Crippen LogP contribution in [-0.2, 0) is 4.74 Å². The summed E-state index contributed by atoms with van der Waals surface area (Å²) in [6.45, 7) is 5.71. The van der Waals surface area contributed by atoms with E-state index in [4.69, 9.17) is 9.84 Å². The minimum absolute atomic E-state index is 0.190. The van der Waals surface area contributed by atoms with Crippen molar-refractivity contribution in [3.05, 3.63) is 0 Å². The second kappa shape index (κ2) is 4.14. The molecule has 0 spiro atoms. The molecule has 84 valence electrons. The quantitative estimate of drug-likeness (QED) is 0.600. The molecule has 1 unspecified atom stereocenters. The topological polar surface area (TPSA) is 69.9 Å². The van der Waals surface area contributed by atoms with Gasteiger partial charge in [-0.3, -0.25) is 0 Å². The highest BCUT2D eigenvalue weighted by Crippen LogP contribution is 2.36. The largest absolute Gasteiger partial charge is 0.394 e. The molecule has 1 aliphatic rings. The Morgan fingerprint density at radius 1 is 1.21 bits per heavy atom. The number of aliphatic hydroxyl groups is 3. The predicted molar refractivity (Wildman–Crippen MR) is 51.8 cm³/mol. The molecule has 0 aromatic rings. The third-order valence-corrected chi connectivity index (χ3v) is 3.22. The first-order valence-electron chi connectivity index (χ1n) is 5.06. The molecule has 1 saturated heterocycles. The SMILES string of the molecule is CCC(C)(C)C1O[C@H](CO)[C@H](O)[C@H]1O. The van der Waals surface area contributed by atoms with Crippen LogP contribution in [0.4, 0.5) is 0 Å². The summed E-state index contributed by atoms with van der Waals surface area (Å²) in [6.07, 6.45) is -2.09. The lowest BCUT2D eigenvalue weighted by molar-refractivity contribution is -0.0708. The fourth-order valence-corrected chi connectivity index (χ4v) is 1.75. The normalized spacial score (nSPS) is 39.0. The maximum absolute atomic E-state index is 9.74. The van der Waals surface area contributed by atoms with Gasteiger partial charge in [0.2, 0.25) is 0 Å². The Hall–Kier alpha value is -0.160. The van der Waals surface area contributed by atoms with Crippen molar-refractivity contribution in [1.29, 1.82) is 0 Å². The molecule has 0 aromatic carbocycles. The molecule has 4 heteroatoms. The molecule has 3 N–H and O–H groups in total. The molecule has 0 aliphatic carbocycles. The summed E-state index contributed by atoms with van der Waals surface area (Å²) in [5.41, 5.74) is -0.190. The lowest BCUT2D eigenvalue weighted by Gasteiger charge is -2.31. The smallest absolute Gasteiger partial charge is 0.111 e. The first kappa shape index (κ1) is 11.9. The molecule has 1 fully saturated rings. The number of rotatable bonds is 3. The lowest BCUT2D eigenvalue weighted by Crippen LogP contribution is -2.40. The van der Waals surface area contributed by atoms with Gasteiger partial charge in [0.05, 0.1) is 12.7 Å². The van der Waals surface area contributed by atoms with Crippen molar-refractivity contribution in [2.45, 2.75) is 51.6 Å². The molecule has 0 radical (unpaired) electrons. The Morgan fingerprint density at radius 2 is 1.79 bits per heavy atom. The van der Waals surface area contributed by atoms with Crippen LogP contribution >= 0.6 is 0 Å². The van der Waals surface area contributed by atoms with E-state index in [9.17, 15) is 10.2 Å². The molecule has 4 atom stereocenters. The highest BCUT2D eigenvalue weighted by molar-refractivity contribution is 4.96. The standard InChI is InChI=1S/C10H20O4/c1-4-10(2,3)9-8(13)7(12)6(5-11)14-9/h6-9,11-13H,4-5H2,1-3H3/t6-,7+,8-,9?/m1/s1. The summed E-state index contributed by atoms with van der Waals surface area (Å²) in [7, 11) is 0. The van der Waals surface area contributed by atoms with E-state index in [1.54, 1.807) is 0 Å². The second-order valence-corrected chi connectivity index (χ2v) is 4.60. The summed E-state index contributed by atoms with van der Waals surface area (Å²) in [6, 6.07) is 0. The fourth-order valence-electron chi connectivity index (χ4n) is 1.75. The van der Waals surface area contributed by atoms with Crippen molar-refractivity contribution in [2.75, 3.05) is 6.61 Å². The number of ether oxygens (including phenoxy) is 1. The number of hydrogen-bond acceptors (Lipinski definition) is 4. The zero-order valence-electron chi connectivity index (χ0n) is 8.97. The highest BCUT2D eigenvalue weighted by atomic mass is 16.6. The zero-order chi connectivity index (χ0) is 10.9. The zero-order valence-corrected chi connectivity index (χ0v) is 8.97. The van der Waals surface area contributed by atoms with Crippen LogP contribution in [0.1, 0.15) is 27.2 Å². The van der Waals surface area contributed by atoms with E-state index >= 15 is 0 Å². The first-order valence-corrected chi connectivity index (χ1v) is 5.06. The molecule has 0 saturated carbocycles. The van der Waals surface area contributed by atoms with Crippen LogP contribution in [0, 0.1) is 5.41 Å². The molecule has 14 heavy (non-hydrogen) atoms. The third-order valence-electron chi connectivity index (χ3n) is 3.22. The van der Waals surface area contributed by atoms with Crippen LogP contribution < -0.4 is 0 Å². The summed E-state index contributed by atoms with van der Waals surface area (Å²) >= 11 is 0. The highest BCUT2D eigenvalue weighted by Gasteiger charge is 2.48. The minimum Gasteiger partial charge on any atom is -0.394 e. The van der Waals surface area contributed by atoms with Crippen LogP contribution in [0.2, 0.25) is 0 Å². The van der Waals surface area contributed by atoms with E-state index in [-0.39, 0.29) is 12.0 Å². The van der Waals surface area contributed by atoms with E-state index in [1.807, 2.05) is 20.8 Å². The molecule has 1 heterocycles.